The quantitative estimate of drug-likeness (QED) is 0.879. The van der Waals surface area contributed by atoms with Gasteiger partial charge >= 0.3 is 0 Å². The van der Waals surface area contributed by atoms with Crippen molar-refractivity contribution in [3.63, 3.8) is 0 Å². The van der Waals surface area contributed by atoms with Gasteiger partial charge in [-0.05, 0) is 19.1 Å². The molecule has 2 aromatic rings. The standard InChI is InChI=1S/C15H18N4O3S/c1-11-4-6-13(7-5-11)23(21,22)19(3)10-14-17-8-12(9-18-14)15(20)16-2/h4-9H,10H2,1-3H3,(H,16,20). The summed E-state index contributed by atoms with van der Waals surface area (Å²) in [6.45, 7) is 1.91. The maximum absolute atomic E-state index is 12.5. The van der Waals surface area contributed by atoms with Crippen LogP contribution in [0, 0.1) is 6.92 Å². The number of nitrogens with one attached hydrogen (secondary N) is 1. The molecule has 0 atom stereocenters. The number of hydrogen-bond acceptors (Lipinski definition) is 5. The minimum absolute atomic E-state index is 0.0181. The van der Waals surface area contributed by atoms with Gasteiger partial charge in [-0.3, -0.25) is 4.79 Å². The topological polar surface area (TPSA) is 92.3 Å². The first-order chi connectivity index (χ1) is 10.8. The van der Waals surface area contributed by atoms with Crippen molar-refractivity contribution < 1.29 is 13.2 Å². The summed E-state index contributed by atoms with van der Waals surface area (Å²) in [6, 6.07) is 6.62. The van der Waals surface area contributed by atoms with Crippen LogP contribution in [0.15, 0.2) is 41.6 Å². The number of rotatable bonds is 5. The predicted octanol–water partition coefficient (Wildman–Crippen LogP) is 0.965. The molecule has 0 saturated carbocycles. The van der Waals surface area contributed by atoms with E-state index in [9.17, 15) is 13.2 Å². The second-order valence-electron chi connectivity index (χ2n) is 5.04. The zero-order valence-corrected chi connectivity index (χ0v) is 14.0. The minimum atomic E-state index is -3.61. The van der Waals surface area contributed by atoms with Gasteiger partial charge in [0.05, 0.1) is 17.0 Å². The Kier molecular flexibility index (Phi) is 5.07. The van der Waals surface area contributed by atoms with Crippen molar-refractivity contribution in [2.45, 2.75) is 18.4 Å². The molecule has 0 unspecified atom stereocenters. The van der Waals surface area contributed by atoms with Gasteiger partial charge in [-0.15, -0.1) is 0 Å². The van der Waals surface area contributed by atoms with E-state index in [1.165, 1.54) is 30.8 Å². The van der Waals surface area contributed by atoms with Gasteiger partial charge in [0.1, 0.15) is 5.82 Å². The van der Waals surface area contributed by atoms with Crippen molar-refractivity contribution in [1.29, 1.82) is 0 Å². The van der Waals surface area contributed by atoms with Gasteiger partial charge in [0.2, 0.25) is 10.0 Å². The van der Waals surface area contributed by atoms with Crippen molar-refractivity contribution in [3.05, 3.63) is 53.6 Å². The molecular formula is C15H18N4O3S. The Morgan fingerprint density at radius 1 is 1.17 bits per heavy atom. The van der Waals surface area contributed by atoms with Crippen LogP contribution in [0.4, 0.5) is 0 Å². The zero-order valence-electron chi connectivity index (χ0n) is 13.1. The van der Waals surface area contributed by atoms with E-state index in [0.717, 1.165) is 5.56 Å². The predicted molar refractivity (Wildman–Crippen MR) is 85.3 cm³/mol. The lowest BCUT2D eigenvalue weighted by atomic mass is 10.2. The summed E-state index contributed by atoms with van der Waals surface area (Å²) >= 11 is 0. The van der Waals surface area contributed by atoms with Gasteiger partial charge in [0.25, 0.3) is 5.91 Å². The summed E-state index contributed by atoms with van der Waals surface area (Å²) in [5, 5.41) is 2.47. The summed E-state index contributed by atoms with van der Waals surface area (Å²) in [5.41, 5.74) is 1.31. The molecule has 0 aliphatic rings. The largest absolute Gasteiger partial charge is 0.355 e. The average molecular weight is 334 g/mol. The van der Waals surface area contributed by atoms with E-state index >= 15 is 0 Å². The van der Waals surface area contributed by atoms with Crippen LogP contribution in [0.25, 0.3) is 0 Å². The monoisotopic (exact) mass is 334 g/mol. The molecule has 0 saturated heterocycles. The summed E-state index contributed by atoms with van der Waals surface area (Å²) in [5.74, 6) is 0.0213. The minimum Gasteiger partial charge on any atom is -0.355 e. The fourth-order valence-corrected chi connectivity index (χ4v) is 3.00. The first kappa shape index (κ1) is 17.0. The highest BCUT2D eigenvalue weighted by atomic mass is 32.2. The van der Waals surface area contributed by atoms with Crippen molar-refractivity contribution in [2.24, 2.45) is 0 Å². The molecule has 2 rings (SSSR count). The summed E-state index contributed by atoms with van der Waals surface area (Å²) < 4.78 is 26.1. The Morgan fingerprint density at radius 2 is 1.74 bits per heavy atom. The lowest BCUT2D eigenvalue weighted by Gasteiger charge is -2.16. The van der Waals surface area contributed by atoms with Gasteiger partial charge < -0.3 is 5.32 Å². The molecule has 0 bridgehead atoms. The second kappa shape index (κ2) is 6.84. The highest BCUT2D eigenvalue weighted by Gasteiger charge is 2.21. The van der Waals surface area contributed by atoms with Crippen LogP contribution < -0.4 is 5.32 Å². The van der Waals surface area contributed by atoms with E-state index in [1.54, 1.807) is 24.3 Å². The number of nitrogens with zero attached hydrogens (tertiary/aromatic N) is 3. The number of amides is 1. The molecule has 1 heterocycles. The van der Waals surface area contributed by atoms with Crippen molar-refractivity contribution in [2.75, 3.05) is 14.1 Å². The third-order valence-electron chi connectivity index (χ3n) is 3.29. The summed E-state index contributed by atoms with van der Waals surface area (Å²) in [4.78, 5) is 19.7. The maximum Gasteiger partial charge on any atom is 0.254 e. The number of benzene rings is 1. The molecule has 1 N–H and O–H groups in total. The van der Waals surface area contributed by atoms with Crippen LogP contribution in [-0.2, 0) is 16.6 Å². The maximum atomic E-state index is 12.5. The van der Waals surface area contributed by atoms with Crippen LogP contribution in [0.3, 0.4) is 0 Å². The number of sulfonamides is 1. The molecule has 23 heavy (non-hydrogen) atoms. The molecule has 1 amide bonds. The number of carbonyl (C=O) groups excluding carboxylic acids is 1. The molecule has 122 valence electrons. The third-order valence-corrected chi connectivity index (χ3v) is 5.11. The number of carbonyl (C=O) groups is 1. The highest BCUT2D eigenvalue weighted by Crippen LogP contribution is 2.16. The lowest BCUT2D eigenvalue weighted by molar-refractivity contribution is 0.0962. The number of aromatic nitrogens is 2. The van der Waals surface area contributed by atoms with Gasteiger partial charge in [-0.1, -0.05) is 17.7 Å². The normalized spacial score (nSPS) is 11.5. The Balaban J connectivity index is 2.16. The SMILES string of the molecule is CNC(=O)c1cnc(CN(C)S(=O)(=O)c2ccc(C)cc2)nc1. The van der Waals surface area contributed by atoms with Gasteiger partial charge in [-0.2, -0.15) is 4.31 Å². The van der Waals surface area contributed by atoms with Crippen LogP contribution in [-0.4, -0.2) is 42.7 Å². The Hall–Kier alpha value is -2.32. The lowest BCUT2D eigenvalue weighted by Crippen LogP contribution is -2.27. The van der Waals surface area contributed by atoms with Gasteiger partial charge in [0, 0.05) is 26.5 Å². The molecule has 0 radical (unpaired) electrons. The van der Waals surface area contributed by atoms with Crippen LogP contribution in [0.5, 0.6) is 0 Å². The fourth-order valence-electron chi connectivity index (χ4n) is 1.87. The van der Waals surface area contributed by atoms with E-state index in [4.69, 9.17) is 0 Å². The first-order valence-electron chi connectivity index (χ1n) is 6.90. The summed E-state index contributed by atoms with van der Waals surface area (Å²) in [6.07, 6.45) is 2.74. The first-order valence-corrected chi connectivity index (χ1v) is 8.34. The van der Waals surface area contributed by atoms with Gasteiger partial charge in [0.15, 0.2) is 0 Å². The van der Waals surface area contributed by atoms with Crippen molar-refractivity contribution >= 4 is 15.9 Å². The molecule has 1 aromatic carbocycles. The zero-order chi connectivity index (χ0) is 17.0. The Morgan fingerprint density at radius 3 is 2.26 bits per heavy atom. The van der Waals surface area contributed by atoms with E-state index in [2.05, 4.69) is 15.3 Å². The van der Waals surface area contributed by atoms with E-state index in [-0.39, 0.29) is 17.3 Å². The van der Waals surface area contributed by atoms with Crippen LogP contribution in [0.2, 0.25) is 0 Å². The van der Waals surface area contributed by atoms with Crippen LogP contribution >= 0.6 is 0 Å². The second-order valence-corrected chi connectivity index (χ2v) is 7.09. The molecule has 7 nitrogen and oxygen atoms in total. The molecule has 8 heteroatoms. The van der Waals surface area contributed by atoms with E-state index in [1.807, 2.05) is 6.92 Å². The fraction of sp³-hybridized carbons (Fsp3) is 0.267. The molecule has 0 aliphatic carbocycles. The van der Waals surface area contributed by atoms with Crippen LogP contribution in [0.1, 0.15) is 21.7 Å². The van der Waals surface area contributed by atoms with Crippen molar-refractivity contribution in [3.8, 4) is 0 Å². The van der Waals surface area contributed by atoms with Gasteiger partial charge in [-0.25, -0.2) is 18.4 Å². The average Bonchev–Trinajstić information content (AvgIpc) is 2.55. The molecule has 0 fully saturated rings. The Bertz CT molecular complexity index is 786. The van der Waals surface area contributed by atoms with E-state index < -0.39 is 10.0 Å². The van der Waals surface area contributed by atoms with Crippen molar-refractivity contribution in [1.82, 2.24) is 19.6 Å². The number of hydrogen-bond donors (Lipinski definition) is 1. The smallest absolute Gasteiger partial charge is 0.254 e. The van der Waals surface area contributed by atoms with E-state index in [0.29, 0.717) is 11.4 Å². The molecule has 0 spiro atoms. The molecule has 0 aliphatic heterocycles. The third kappa shape index (κ3) is 3.91. The molecule has 1 aromatic heterocycles. The number of aryl methyl sites for hydroxylation is 1. The summed E-state index contributed by atoms with van der Waals surface area (Å²) in [7, 11) is -0.635. The Labute approximate surface area is 135 Å². The molecular weight excluding hydrogens is 316 g/mol. The highest BCUT2D eigenvalue weighted by molar-refractivity contribution is 7.89.